The van der Waals surface area contributed by atoms with Gasteiger partial charge in [-0.15, -0.1) is 0 Å². The lowest BCUT2D eigenvalue weighted by molar-refractivity contribution is -0.119. The number of nitrogens with one attached hydrogen (secondary N) is 3. The molecule has 1 amide bonds. The van der Waals surface area contributed by atoms with Gasteiger partial charge in [0.2, 0.25) is 0 Å². The van der Waals surface area contributed by atoms with Gasteiger partial charge in [0.15, 0.2) is 6.61 Å². The molecule has 0 radical (unpaired) electrons. The van der Waals surface area contributed by atoms with Crippen LogP contribution >= 0.6 is 0 Å². The van der Waals surface area contributed by atoms with Crippen molar-refractivity contribution in [2.75, 3.05) is 30.9 Å². The van der Waals surface area contributed by atoms with Gasteiger partial charge in [-0.05, 0) is 42.5 Å². The maximum atomic E-state index is 12.0. The fraction of sp³-hybridized carbons (Fsp3) is 0.167. The molecule has 1 aromatic heterocycles. The Morgan fingerprint density at radius 1 is 1.04 bits per heavy atom. The van der Waals surface area contributed by atoms with Gasteiger partial charge in [0.05, 0.1) is 16.6 Å². The van der Waals surface area contributed by atoms with E-state index in [9.17, 15) is 14.4 Å². The monoisotopic (exact) mass is 354 g/mol. The molecule has 0 aliphatic heterocycles. The third-order valence-electron chi connectivity index (χ3n) is 3.75. The van der Waals surface area contributed by atoms with Crippen LogP contribution in [0.3, 0.4) is 0 Å². The molecule has 0 saturated carbocycles. The Morgan fingerprint density at radius 3 is 2.42 bits per heavy atom. The zero-order valence-electron chi connectivity index (χ0n) is 14.3. The first kappa shape index (κ1) is 17.3. The number of rotatable bonds is 5. The van der Waals surface area contributed by atoms with Crippen molar-refractivity contribution in [2.24, 2.45) is 0 Å². The second-order valence-electron chi connectivity index (χ2n) is 5.91. The van der Waals surface area contributed by atoms with Crippen molar-refractivity contribution in [3.8, 4) is 0 Å². The van der Waals surface area contributed by atoms with E-state index in [1.165, 1.54) is 0 Å². The zero-order valence-corrected chi connectivity index (χ0v) is 14.3. The Balaban J connectivity index is 1.57. The fourth-order valence-corrected chi connectivity index (χ4v) is 2.42. The number of H-pyrrole nitrogens is 2. The quantitative estimate of drug-likeness (QED) is 0.605. The summed E-state index contributed by atoms with van der Waals surface area (Å²) in [5, 5.41) is 2.62. The number of imidazole rings is 1. The highest BCUT2D eigenvalue weighted by molar-refractivity contribution is 5.96. The van der Waals surface area contributed by atoms with Gasteiger partial charge < -0.3 is 24.9 Å². The first-order valence-corrected chi connectivity index (χ1v) is 7.89. The molecule has 0 fully saturated rings. The van der Waals surface area contributed by atoms with Crippen LogP contribution in [0.25, 0.3) is 11.0 Å². The fourth-order valence-electron chi connectivity index (χ4n) is 2.42. The van der Waals surface area contributed by atoms with Crippen molar-refractivity contribution < 1.29 is 14.3 Å². The van der Waals surface area contributed by atoms with Crippen LogP contribution in [0, 0.1) is 0 Å². The number of carbonyl (C=O) groups is 2. The normalized spacial score (nSPS) is 10.5. The summed E-state index contributed by atoms with van der Waals surface area (Å²) >= 11 is 0. The molecular weight excluding hydrogens is 336 g/mol. The Morgan fingerprint density at radius 2 is 1.73 bits per heavy atom. The second kappa shape index (κ2) is 7.14. The van der Waals surface area contributed by atoms with Crippen molar-refractivity contribution in [2.45, 2.75) is 0 Å². The number of benzene rings is 2. The van der Waals surface area contributed by atoms with Gasteiger partial charge in [-0.1, -0.05) is 0 Å². The molecule has 26 heavy (non-hydrogen) atoms. The van der Waals surface area contributed by atoms with Crippen molar-refractivity contribution >= 4 is 34.3 Å². The van der Waals surface area contributed by atoms with Crippen molar-refractivity contribution in [1.29, 1.82) is 0 Å². The van der Waals surface area contributed by atoms with E-state index >= 15 is 0 Å². The molecule has 0 spiro atoms. The van der Waals surface area contributed by atoms with Gasteiger partial charge in [0, 0.05) is 25.5 Å². The number of esters is 1. The topological polar surface area (TPSA) is 107 Å². The molecule has 0 bridgehead atoms. The number of aromatic amines is 2. The number of amides is 1. The third kappa shape index (κ3) is 3.92. The number of aromatic nitrogens is 2. The highest BCUT2D eigenvalue weighted by atomic mass is 16.5. The predicted octanol–water partition coefficient (Wildman–Crippen LogP) is 1.72. The number of hydrogen-bond donors (Lipinski definition) is 3. The Hall–Kier alpha value is -3.55. The van der Waals surface area contributed by atoms with E-state index in [0.717, 1.165) is 5.69 Å². The molecular formula is C18H18N4O4. The summed E-state index contributed by atoms with van der Waals surface area (Å²) in [4.78, 5) is 42.3. The number of ether oxygens (including phenoxy) is 1. The third-order valence-corrected chi connectivity index (χ3v) is 3.75. The lowest BCUT2D eigenvalue weighted by atomic mass is 10.2. The highest BCUT2D eigenvalue weighted by Crippen LogP contribution is 2.15. The smallest absolute Gasteiger partial charge is 0.338 e. The van der Waals surface area contributed by atoms with Gasteiger partial charge in [-0.2, -0.15) is 0 Å². The van der Waals surface area contributed by atoms with E-state index in [1.54, 1.807) is 42.5 Å². The summed E-state index contributed by atoms with van der Waals surface area (Å²) in [6.07, 6.45) is 0. The number of fused-ring (bicyclic) bond motifs is 1. The van der Waals surface area contributed by atoms with E-state index in [2.05, 4.69) is 15.3 Å². The van der Waals surface area contributed by atoms with Gasteiger partial charge >= 0.3 is 11.7 Å². The Labute approximate surface area is 148 Å². The molecule has 0 saturated heterocycles. The van der Waals surface area contributed by atoms with E-state index in [1.807, 2.05) is 19.0 Å². The van der Waals surface area contributed by atoms with Crippen LogP contribution in [0.2, 0.25) is 0 Å². The molecule has 3 N–H and O–H groups in total. The molecule has 1 heterocycles. The van der Waals surface area contributed by atoms with Crippen LogP contribution in [0.5, 0.6) is 0 Å². The number of hydrogen-bond acceptors (Lipinski definition) is 5. The number of nitrogens with zero attached hydrogens (tertiary/aromatic N) is 1. The first-order valence-electron chi connectivity index (χ1n) is 7.89. The Bertz CT molecular complexity index is 1000. The Kier molecular flexibility index (Phi) is 4.74. The molecule has 3 rings (SSSR count). The summed E-state index contributed by atoms with van der Waals surface area (Å²) in [5.41, 5.74) is 2.71. The number of anilines is 2. The van der Waals surface area contributed by atoms with E-state index in [4.69, 9.17) is 4.74 Å². The lowest BCUT2D eigenvalue weighted by Crippen LogP contribution is -2.21. The average molecular weight is 354 g/mol. The summed E-state index contributed by atoms with van der Waals surface area (Å²) in [7, 11) is 3.80. The van der Waals surface area contributed by atoms with Crippen LogP contribution < -0.4 is 15.9 Å². The van der Waals surface area contributed by atoms with Crippen LogP contribution in [-0.4, -0.2) is 42.5 Å². The van der Waals surface area contributed by atoms with Gasteiger partial charge in [-0.3, -0.25) is 4.79 Å². The molecule has 0 atom stereocenters. The van der Waals surface area contributed by atoms with E-state index < -0.39 is 18.5 Å². The van der Waals surface area contributed by atoms with Gasteiger partial charge in [-0.25, -0.2) is 9.59 Å². The SMILES string of the molecule is CN(C)c1ccc(C(=O)OCC(=O)Nc2ccc3[nH]c(=O)[nH]c3c2)cc1. The van der Waals surface area contributed by atoms with Crippen LogP contribution in [0.15, 0.2) is 47.3 Å². The van der Waals surface area contributed by atoms with Crippen molar-refractivity contribution in [3.63, 3.8) is 0 Å². The van der Waals surface area contributed by atoms with Crippen LogP contribution in [0.1, 0.15) is 10.4 Å². The zero-order chi connectivity index (χ0) is 18.7. The minimum absolute atomic E-state index is 0.322. The largest absolute Gasteiger partial charge is 0.452 e. The minimum atomic E-state index is -0.573. The average Bonchev–Trinajstić information content (AvgIpc) is 2.99. The van der Waals surface area contributed by atoms with Gasteiger partial charge in [0.1, 0.15) is 0 Å². The van der Waals surface area contributed by atoms with Gasteiger partial charge in [0.25, 0.3) is 5.91 Å². The molecule has 0 aliphatic carbocycles. The maximum Gasteiger partial charge on any atom is 0.338 e. The van der Waals surface area contributed by atoms with Crippen molar-refractivity contribution in [1.82, 2.24) is 9.97 Å². The van der Waals surface area contributed by atoms with E-state index in [-0.39, 0.29) is 5.69 Å². The van der Waals surface area contributed by atoms with E-state index in [0.29, 0.717) is 22.3 Å². The summed E-state index contributed by atoms with van der Waals surface area (Å²) < 4.78 is 5.03. The maximum absolute atomic E-state index is 12.0. The number of carbonyl (C=O) groups excluding carboxylic acids is 2. The molecule has 3 aromatic rings. The van der Waals surface area contributed by atoms with Crippen LogP contribution in [-0.2, 0) is 9.53 Å². The second-order valence-corrected chi connectivity index (χ2v) is 5.91. The molecule has 8 nitrogen and oxygen atoms in total. The highest BCUT2D eigenvalue weighted by Gasteiger charge is 2.11. The molecule has 2 aromatic carbocycles. The standard InChI is InChI=1S/C18H18N4O4/c1-22(2)13-6-3-11(4-7-13)17(24)26-10-16(23)19-12-5-8-14-15(9-12)21-18(25)20-14/h3-9H,10H2,1-2H3,(H,19,23)(H2,20,21,25). The molecule has 8 heteroatoms. The predicted molar refractivity (Wildman–Crippen MR) is 98.6 cm³/mol. The summed E-state index contributed by atoms with van der Waals surface area (Å²) in [6, 6.07) is 11.8. The molecule has 0 aliphatic rings. The summed E-state index contributed by atoms with van der Waals surface area (Å²) in [5.74, 6) is -1.05. The molecule has 0 unspecified atom stereocenters. The minimum Gasteiger partial charge on any atom is -0.452 e. The van der Waals surface area contributed by atoms with Crippen molar-refractivity contribution in [3.05, 3.63) is 58.5 Å². The summed E-state index contributed by atoms with van der Waals surface area (Å²) in [6.45, 7) is -0.407. The molecule has 134 valence electrons. The lowest BCUT2D eigenvalue weighted by Gasteiger charge is -2.12. The first-order chi connectivity index (χ1) is 12.4. The van der Waals surface area contributed by atoms with Crippen LogP contribution in [0.4, 0.5) is 11.4 Å².